The quantitative estimate of drug-likeness (QED) is 0.336. The molecule has 0 aromatic heterocycles. The molecule has 32 heavy (non-hydrogen) atoms. The van der Waals surface area contributed by atoms with E-state index in [1.807, 2.05) is 53.7 Å². The molecule has 1 aliphatic rings. The molecule has 0 spiro atoms. The minimum absolute atomic E-state index is 0.163. The van der Waals surface area contributed by atoms with E-state index in [4.69, 9.17) is 4.74 Å². The molecule has 1 unspecified atom stereocenters. The van der Waals surface area contributed by atoms with Crippen LogP contribution in [0.5, 0.6) is 0 Å². The molecule has 0 radical (unpaired) electrons. The smallest absolute Gasteiger partial charge is 0.333 e. The number of carbonyl (C=O) groups is 1. The molecule has 1 aliphatic carbocycles. The zero-order chi connectivity index (χ0) is 24.3. The molecule has 0 heterocycles. The third kappa shape index (κ3) is 10.8. The second kappa shape index (κ2) is 13.8. The first kappa shape index (κ1) is 28.4. The van der Waals surface area contributed by atoms with Crippen LogP contribution in [0.4, 0.5) is 0 Å². The van der Waals surface area contributed by atoms with Crippen LogP contribution in [-0.2, 0) is 19.6 Å². The fraction of sp³-hybridized carbons (Fsp3) is 0.720. The van der Waals surface area contributed by atoms with Gasteiger partial charge in [0.1, 0.15) is 0 Å². The molecule has 0 saturated heterocycles. The summed E-state index contributed by atoms with van der Waals surface area (Å²) in [5, 5.41) is 9.42. The largest absolute Gasteiger partial charge is 0.479 e. The van der Waals surface area contributed by atoms with Crippen molar-refractivity contribution < 1.29 is 23.1 Å². The molecule has 6 nitrogen and oxygen atoms in total. The lowest BCUT2D eigenvalue weighted by Crippen LogP contribution is -2.30. The zero-order valence-electron chi connectivity index (χ0n) is 20.7. The van der Waals surface area contributed by atoms with Crippen LogP contribution in [0, 0.1) is 5.92 Å². The number of carboxylic acids is 1. The van der Waals surface area contributed by atoms with Gasteiger partial charge in [0, 0.05) is 18.5 Å². The van der Waals surface area contributed by atoms with Crippen molar-refractivity contribution in [1.29, 1.82) is 0 Å². The topological polar surface area (TPSA) is 92.7 Å². The van der Waals surface area contributed by atoms with E-state index in [0.717, 1.165) is 48.8 Å². The summed E-state index contributed by atoms with van der Waals surface area (Å²) >= 11 is 0. The van der Waals surface area contributed by atoms with Crippen molar-refractivity contribution >= 4 is 16.0 Å². The summed E-state index contributed by atoms with van der Waals surface area (Å²) in [7, 11) is -3.37. The van der Waals surface area contributed by atoms with Crippen LogP contribution in [0.2, 0.25) is 0 Å². The molecule has 0 aromatic rings. The van der Waals surface area contributed by atoms with Gasteiger partial charge < -0.3 is 9.84 Å². The van der Waals surface area contributed by atoms with E-state index in [1.165, 1.54) is 6.42 Å². The summed E-state index contributed by atoms with van der Waals surface area (Å²) in [6, 6.07) is 0. The van der Waals surface area contributed by atoms with E-state index in [2.05, 4.69) is 4.72 Å². The van der Waals surface area contributed by atoms with Crippen LogP contribution in [0.1, 0.15) is 92.9 Å². The Morgan fingerprint density at radius 1 is 1.12 bits per heavy atom. The van der Waals surface area contributed by atoms with Crippen LogP contribution in [0.25, 0.3) is 0 Å². The highest BCUT2D eigenvalue weighted by molar-refractivity contribution is 7.89. The van der Waals surface area contributed by atoms with Gasteiger partial charge in [-0.05, 0) is 65.4 Å². The maximum absolute atomic E-state index is 12.7. The van der Waals surface area contributed by atoms with Crippen molar-refractivity contribution in [3.63, 3.8) is 0 Å². The number of carboxylic acid groups (broad SMARTS) is 1. The lowest BCUT2D eigenvalue weighted by atomic mass is 9.91. The average molecular weight is 470 g/mol. The second-order valence-corrected chi connectivity index (χ2v) is 11.0. The van der Waals surface area contributed by atoms with Crippen LogP contribution in [-0.4, -0.2) is 37.5 Å². The van der Waals surface area contributed by atoms with Crippen molar-refractivity contribution in [2.45, 2.75) is 105 Å². The summed E-state index contributed by atoms with van der Waals surface area (Å²) in [6.07, 6.45) is 9.87. The Morgan fingerprint density at radius 3 is 2.28 bits per heavy atom. The third-order valence-electron chi connectivity index (χ3n) is 5.98. The van der Waals surface area contributed by atoms with Gasteiger partial charge in [0.15, 0.2) is 6.10 Å². The van der Waals surface area contributed by atoms with Gasteiger partial charge in [-0.3, -0.25) is 4.72 Å². The zero-order valence-corrected chi connectivity index (χ0v) is 21.6. The minimum Gasteiger partial charge on any atom is -0.479 e. The number of nitrogens with one attached hydrogen (secondary N) is 1. The number of sulfonamides is 1. The van der Waals surface area contributed by atoms with Gasteiger partial charge >= 0.3 is 5.97 Å². The molecule has 1 rings (SSSR count). The number of ether oxygens (including phenoxy) is 1. The summed E-state index contributed by atoms with van der Waals surface area (Å²) < 4.78 is 33.7. The van der Waals surface area contributed by atoms with Gasteiger partial charge in [0.2, 0.25) is 10.0 Å². The number of hydrogen-bond acceptors (Lipinski definition) is 4. The summed E-state index contributed by atoms with van der Waals surface area (Å²) in [5.41, 5.74) is 3.65. The monoisotopic (exact) mass is 469 g/mol. The average Bonchev–Trinajstić information content (AvgIpc) is 2.70. The fourth-order valence-corrected chi connectivity index (χ4v) is 5.63. The Labute approximate surface area is 195 Å². The van der Waals surface area contributed by atoms with E-state index in [0.29, 0.717) is 18.5 Å². The van der Waals surface area contributed by atoms with E-state index in [1.54, 1.807) is 0 Å². The molecule has 0 amide bonds. The number of aliphatic carboxylic acids is 1. The molecule has 0 aliphatic heterocycles. The summed E-state index contributed by atoms with van der Waals surface area (Å²) in [6.45, 7) is 11.5. The van der Waals surface area contributed by atoms with E-state index < -0.39 is 22.1 Å². The molecule has 1 fully saturated rings. The van der Waals surface area contributed by atoms with Crippen molar-refractivity contribution in [1.82, 2.24) is 4.72 Å². The molecule has 1 saturated carbocycles. The lowest BCUT2D eigenvalue weighted by molar-refractivity contribution is -0.153. The van der Waals surface area contributed by atoms with Crippen LogP contribution >= 0.6 is 0 Å². The number of allylic oxidation sites excluding steroid dienone is 4. The molecular weight excluding hydrogens is 426 g/mol. The van der Waals surface area contributed by atoms with Crippen LogP contribution < -0.4 is 4.72 Å². The molecular formula is C25H43NO5S. The second-order valence-electron chi connectivity index (χ2n) is 9.24. The Bertz CT molecular complexity index is 802. The SMILES string of the molecule is CC/C=C(/C/C=C(C)\C(C)=C(/C)CC(OC(C)C)C(=O)O)NS(=O)(=O)CC1CCCCC1. The van der Waals surface area contributed by atoms with Crippen LogP contribution in [0.15, 0.2) is 34.6 Å². The van der Waals surface area contributed by atoms with Gasteiger partial charge in [0.25, 0.3) is 0 Å². The Hall–Kier alpha value is -1.60. The highest BCUT2D eigenvalue weighted by atomic mass is 32.2. The van der Waals surface area contributed by atoms with E-state index >= 15 is 0 Å². The predicted molar refractivity (Wildman–Crippen MR) is 131 cm³/mol. The maximum atomic E-state index is 12.7. The highest BCUT2D eigenvalue weighted by Gasteiger charge is 2.22. The third-order valence-corrected chi connectivity index (χ3v) is 7.46. The number of hydrogen-bond donors (Lipinski definition) is 2. The molecule has 1 atom stereocenters. The highest BCUT2D eigenvalue weighted by Crippen LogP contribution is 2.25. The van der Waals surface area contributed by atoms with Gasteiger partial charge in [-0.15, -0.1) is 0 Å². The first-order chi connectivity index (χ1) is 14.9. The lowest BCUT2D eigenvalue weighted by Gasteiger charge is -2.22. The number of rotatable bonds is 13. The van der Waals surface area contributed by atoms with Crippen molar-refractivity contribution in [3.8, 4) is 0 Å². The molecule has 0 aromatic carbocycles. The Morgan fingerprint density at radius 2 is 1.75 bits per heavy atom. The van der Waals surface area contributed by atoms with Gasteiger partial charge in [-0.1, -0.05) is 49.5 Å². The fourth-order valence-electron chi connectivity index (χ4n) is 4.02. The van der Waals surface area contributed by atoms with Gasteiger partial charge in [0.05, 0.1) is 11.9 Å². The van der Waals surface area contributed by atoms with Crippen LogP contribution in [0.3, 0.4) is 0 Å². The van der Waals surface area contributed by atoms with Crippen molar-refractivity contribution in [2.75, 3.05) is 5.75 Å². The van der Waals surface area contributed by atoms with E-state index in [-0.39, 0.29) is 17.8 Å². The predicted octanol–water partition coefficient (Wildman–Crippen LogP) is 5.72. The first-order valence-electron chi connectivity index (χ1n) is 11.9. The normalized spacial score (nSPS) is 18.5. The summed E-state index contributed by atoms with van der Waals surface area (Å²) in [5.74, 6) is -0.515. The van der Waals surface area contributed by atoms with Gasteiger partial charge in [-0.2, -0.15) is 0 Å². The van der Waals surface area contributed by atoms with Crippen molar-refractivity contribution in [3.05, 3.63) is 34.6 Å². The molecule has 7 heteroatoms. The summed E-state index contributed by atoms with van der Waals surface area (Å²) in [4.78, 5) is 11.5. The Balaban J connectivity index is 2.84. The minimum atomic E-state index is -3.37. The molecule has 0 bridgehead atoms. The molecule has 2 N–H and O–H groups in total. The van der Waals surface area contributed by atoms with E-state index in [9.17, 15) is 18.3 Å². The molecule has 184 valence electrons. The first-order valence-corrected chi connectivity index (χ1v) is 13.5. The maximum Gasteiger partial charge on any atom is 0.333 e. The standard InChI is InChI=1S/C25H43NO5S/c1-7-11-23(26-32(29,30)17-22-12-9-8-10-13-22)15-14-19(4)21(6)20(5)16-24(25(27)28)31-18(2)3/h11,14,18,22,24,26H,7-10,12-13,15-17H2,1-6H3,(H,27,28)/b19-14-,21-20+,23-11-. The van der Waals surface area contributed by atoms with Gasteiger partial charge in [-0.25, -0.2) is 13.2 Å². The Kier molecular flexibility index (Phi) is 12.3. The van der Waals surface area contributed by atoms with Crippen molar-refractivity contribution in [2.24, 2.45) is 5.92 Å².